The Morgan fingerprint density at radius 1 is 1.29 bits per heavy atom. The molecule has 0 aromatic heterocycles. The number of amides is 1. The molecule has 0 aromatic rings. The zero-order chi connectivity index (χ0) is 12.7. The monoisotopic (exact) mass is 243 g/mol. The lowest BCUT2D eigenvalue weighted by atomic mass is 10.3. The minimum Gasteiger partial charge on any atom is -0.379 e. The average Bonchev–Trinajstić information content (AvgIpc) is 2.27. The van der Waals surface area contributed by atoms with Crippen molar-refractivity contribution in [1.29, 1.82) is 0 Å². The second-order valence-electron chi connectivity index (χ2n) is 4.92. The van der Waals surface area contributed by atoms with Crippen molar-refractivity contribution in [3.8, 4) is 0 Å². The van der Waals surface area contributed by atoms with Crippen molar-refractivity contribution in [1.82, 2.24) is 15.5 Å². The summed E-state index contributed by atoms with van der Waals surface area (Å²) >= 11 is 0. The van der Waals surface area contributed by atoms with Crippen LogP contribution in [0.25, 0.3) is 0 Å². The Morgan fingerprint density at radius 2 is 1.94 bits per heavy atom. The molecule has 0 saturated carbocycles. The summed E-state index contributed by atoms with van der Waals surface area (Å²) in [6, 6.07) is 0.532. The molecule has 1 rings (SSSR count). The fourth-order valence-corrected chi connectivity index (χ4v) is 1.84. The first-order valence-electron chi connectivity index (χ1n) is 6.40. The maximum atomic E-state index is 11.6. The van der Waals surface area contributed by atoms with Gasteiger partial charge in [0.2, 0.25) is 5.91 Å². The van der Waals surface area contributed by atoms with Crippen molar-refractivity contribution in [3.63, 3.8) is 0 Å². The van der Waals surface area contributed by atoms with Crippen LogP contribution in [0.15, 0.2) is 0 Å². The van der Waals surface area contributed by atoms with Gasteiger partial charge in [-0.3, -0.25) is 9.69 Å². The standard InChI is InChI=1S/C12H25N3O2/c1-10(2)13-8-12(16)14-11(3)9-15-4-6-17-7-5-15/h10-11,13H,4-9H2,1-3H3,(H,14,16). The summed E-state index contributed by atoms with van der Waals surface area (Å²) in [4.78, 5) is 13.9. The van der Waals surface area contributed by atoms with Gasteiger partial charge in [0.1, 0.15) is 0 Å². The lowest BCUT2D eigenvalue weighted by molar-refractivity contribution is -0.121. The minimum atomic E-state index is 0.0689. The van der Waals surface area contributed by atoms with Crippen LogP contribution in [0.3, 0.4) is 0 Å². The second kappa shape index (κ2) is 7.63. The number of ether oxygens (including phenoxy) is 1. The number of nitrogens with zero attached hydrogens (tertiary/aromatic N) is 1. The predicted octanol–water partition coefficient (Wildman–Crippen LogP) is -0.179. The Balaban J connectivity index is 2.14. The lowest BCUT2D eigenvalue weighted by Crippen LogP contribution is -2.48. The molecule has 0 spiro atoms. The normalized spacial score (nSPS) is 19.3. The Kier molecular flexibility index (Phi) is 6.47. The Labute approximate surface area is 104 Å². The first-order chi connectivity index (χ1) is 8.08. The van der Waals surface area contributed by atoms with E-state index in [2.05, 4.69) is 15.5 Å². The molecule has 1 unspecified atom stereocenters. The molecular weight excluding hydrogens is 218 g/mol. The van der Waals surface area contributed by atoms with Crippen LogP contribution in [0.5, 0.6) is 0 Å². The summed E-state index contributed by atoms with van der Waals surface area (Å²) in [5, 5.41) is 6.11. The summed E-state index contributed by atoms with van der Waals surface area (Å²) in [6.07, 6.45) is 0. The molecule has 17 heavy (non-hydrogen) atoms. The van der Waals surface area contributed by atoms with Crippen LogP contribution in [0, 0.1) is 0 Å². The highest BCUT2D eigenvalue weighted by molar-refractivity contribution is 5.78. The van der Waals surface area contributed by atoms with E-state index in [0.717, 1.165) is 32.8 Å². The number of hydrogen-bond donors (Lipinski definition) is 2. The topological polar surface area (TPSA) is 53.6 Å². The summed E-state index contributed by atoms with van der Waals surface area (Å²) in [5.74, 6) is 0.0689. The van der Waals surface area contributed by atoms with Crippen molar-refractivity contribution in [2.45, 2.75) is 32.9 Å². The van der Waals surface area contributed by atoms with E-state index in [9.17, 15) is 4.79 Å². The molecule has 1 aliphatic rings. The molecule has 2 N–H and O–H groups in total. The van der Waals surface area contributed by atoms with Crippen LogP contribution in [0.4, 0.5) is 0 Å². The van der Waals surface area contributed by atoms with Crippen molar-refractivity contribution >= 4 is 5.91 Å². The summed E-state index contributed by atoms with van der Waals surface area (Å²) in [7, 11) is 0. The van der Waals surface area contributed by atoms with Crippen molar-refractivity contribution in [3.05, 3.63) is 0 Å². The van der Waals surface area contributed by atoms with Crippen LogP contribution in [-0.2, 0) is 9.53 Å². The Bertz CT molecular complexity index is 228. The maximum absolute atomic E-state index is 11.6. The minimum absolute atomic E-state index is 0.0689. The SMILES string of the molecule is CC(C)NCC(=O)NC(C)CN1CCOCC1. The van der Waals surface area contributed by atoms with Gasteiger partial charge in [-0.05, 0) is 6.92 Å². The summed E-state index contributed by atoms with van der Waals surface area (Å²) in [5.41, 5.74) is 0. The lowest BCUT2D eigenvalue weighted by Gasteiger charge is -2.29. The van der Waals surface area contributed by atoms with Gasteiger partial charge in [-0.15, -0.1) is 0 Å². The molecular formula is C12H25N3O2. The predicted molar refractivity (Wildman–Crippen MR) is 68.0 cm³/mol. The maximum Gasteiger partial charge on any atom is 0.234 e. The van der Waals surface area contributed by atoms with E-state index >= 15 is 0 Å². The number of rotatable bonds is 6. The molecule has 0 aromatic carbocycles. The van der Waals surface area contributed by atoms with Crippen LogP contribution in [0.2, 0.25) is 0 Å². The second-order valence-corrected chi connectivity index (χ2v) is 4.92. The van der Waals surface area contributed by atoms with E-state index < -0.39 is 0 Å². The van der Waals surface area contributed by atoms with Crippen LogP contribution in [-0.4, -0.2) is 62.3 Å². The van der Waals surface area contributed by atoms with Crippen molar-refractivity contribution < 1.29 is 9.53 Å². The van der Waals surface area contributed by atoms with E-state index in [1.165, 1.54) is 0 Å². The third-order valence-corrected chi connectivity index (χ3v) is 2.71. The zero-order valence-corrected chi connectivity index (χ0v) is 11.2. The highest BCUT2D eigenvalue weighted by Gasteiger charge is 2.14. The van der Waals surface area contributed by atoms with Crippen LogP contribution < -0.4 is 10.6 Å². The quantitative estimate of drug-likeness (QED) is 0.679. The molecule has 0 aliphatic carbocycles. The average molecular weight is 243 g/mol. The van der Waals surface area contributed by atoms with E-state index in [0.29, 0.717) is 12.6 Å². The van der Waals surface area contributed by atoms with Gasteiger partial charge >= 0.3 is 0 Å². The third-order valence-electron chi connectivity index (χ3n) is 2.71. The molecule has 0 bridgehead atoms. The molecule has 1 amide bonds. The van der Waals surface area contributed by atoms with Crippen molar-refractivity contribution in [2.75, 3.05) is 39.4 Å². The fourth-order valence-electron chi connectivity index (χ4n) is 1.84. The zero-order valence-electron chi connectivity index (χ0n) is 11.2. The van der Waals surface area contributed by atoms with Gasteiger partial charge < -0.3 is 15.4 Å². The van der Waals surface area contributed by atoms with E-state index in [4.69, 9.17) is 4.74 Å². The smallest absolute Gasteiger partial charge is 0.234 e. The van der Waals surface area contributed by atoms with E-state index in [-0.39, 0.29) is 11.9 Å². The Morgan fingerprint density at radius 3 is 2.53 bits per heavy atom. The van der Waals surface area contributed by atoms with Gasteiger partial charge in [0.15, 0.2) is 0 Å². The first-order valence-corrected chi connectivity index (χ1v) is 6.40. The van der Waals surface area contributed by atoms with Gasteiger partial charge in [-0.1, -0.05) is 13.8 Å². The molecule has 1 fully saturated rings. The van der Waals surface area contributed by atoms with Gasteiger partial charge in [0.25, 0.3) is 0 Å². The summed E-state index contributed by atoms with van der Waals surface area (Å²) < 4.78 is 5.29. The van der Waals surface area contributed by atoms with Gasteiger partial charge in [0.05, 0.1) is 19.8 Å². The Hall–Kier alpha value is -0.650. The largest absolute Gasteiger partial charge is 0.379 e. The molecule has 1 atom stereocenters. The highest BCUT2D eigenvalue weighted by Crippen LogP contribution is 1.98. The van der Waals surface area contributed by atoms with Gasteiger partial charge in [-0.2, -0.15) is 0 Å². The van der Waals surface area contributed by atoms with Gasteiger partial charge in [0, 0.05) is 31.7 Å². The van der Waals surface area contributed by atoms with Crippen molar-refractivity contribution in [2.24, 2.45) is 0 Å². The van der Waals surface area contributed by atoms with Crippen LogP contribution in [0.1, 0.15) is 20.8 Å². The number of carbonyl (C=O) groups excluding carboxylic acids is 1. The highest BCUT2D eigenvalue weighted by atomic mass is 16.5. The number of hydrogen-bond acceptors (Lipinski definition) is 4. The molecule has 1 heterocycles. The van der Waals surface area contributed by atoms with Crippen LogP contribution >= 0.6 is 0 Å². The fraction of sp³-hybridized carbons (Fsp3) is 0.917. The number of carbonyl (C=O) groups is 1. The molecule has 5 heteroatoms. The van der Waals surface area contributed by atoms with Gasteiger partial charge in [-0.25, -0.2) is 0 Å². The third kappa shape index (κ3) is 6.61. The number of morpholine rings is 1. The molecule has 100 valence electrons. The first kappa shape index (κ1) is 14.4. The number of nitrogens with one attached hydrogen (secondary N) is 2. The van der Waals surface area contributed by atoms with E-state index in [1.54, 1.807) is 0 Å². The molecule has 1 saturated heterocycles. The molecule has 1 aliphatic heterocycles. The molecule has 5 nitrogen and oxygen atoms in total. The van der Waals surface area contributed by atoms with E-state index in [1.807, 2.05) is 20.8 Å². The molecule has 0 radical (unpaired) electrons. The summed E-state index contributed by atoms with van der Waals surface area (Å²) in [6.45, 7) is 10.9.